The Morgan fingerprint density at radius 2 is 2.00 bits per heavy atom. The predicted molar refractivity (Wildman–Crippen MR) is 64.9 cm³/mol. The molecule has 0 amide bonds. The fourth-order valence-electron chi connectivity index (χ4n) is 1.96. The van der Waals surface area contributed by atoms with Gasteiger partial charge in [-0.25, -0.2) is 0 Å². The van der Waals surface area contributed by atoms with Gasteiger partial charge in [0.05, 0.1) is 0 Å². The highest BCUT2D eigenvalue weighted by molar-refractivity contribution is 5.97. The lowest BCUT2D eigenvalue weighted by Gasteiger charge is -2.12. The maximum absolute atomic E-state index is 11.4. The maximum Gasteiger partial charge on any atom is 0.160 e. The van der Waals surface area contributed by atoms with E-state index in [-0.39, 0.29) is 6.04 Å². The van der Waals surface area contributed by atoms with E-state index < -0.39 is 0 Å². The molecule has 1 aliphatic rings. The predicted octanol–water partition coefficient (Wildman–Crippen LogP) is 2.97. The molecule has 1 aliphatic carbocycles. The minimum Gasteiger partial charge on any atom is -0.384 e. The number of carbonyl (C=O) groups excluding carboxylic acids is 1. The summed E-state index contributed by atoms with van der Waals surface area (Å²) < 4.78 is 0. The van der Waals surface area contributed by atoms with Gasteiger partial charge in [-0.2, -0.15) is 0 Å². The molecule has 0 heterocycles. The van der Waals surface area contributed by atoms with Crippen molar-refractivity contribution >= 4 is 5.78 Å². The SMILES string of the molecule is CC(NC=C1CCCC1=O)c1ccccc1. The van der Waals surface area contributed by atoms with Crippen LogP contribution >= 0.6 is 0 Å². The van der Waals surface area contributed by atoms with Crippen molar-refractivity contribution in [2.75, 3.05) is 0 Å². The quantitative estimate of drug-likeness (QED) is 0.785. The summed E-state index contributed by atoms with van der Waals surface area (Å²) in [4.78, 5) is 11.4. The molecule has 2 heteroatoms. The van der Waals surface area contributed by atoms with E-state index >= 15 is 0 Å². The summed E-state index contributed by atoms with van der Waals surface area (Å²) in [5, 5.41) is 3.29. The Morgan fingerprint density at radius 1 is 1.25 bits per heavy atom. The zero-order valence-corrected chi connectivity index (χ0v) is 9.57. The normalized spacial score (nSPS) is 20.1. The van der Waals surface area contributed by atoms with Crippen LogP contribution in [-0.2, 0) is 4.79 Å². The highest BCUT2D eigenvalue weighted by Gasteiger charge is 2.16. The van der Waals surface area contributed by atoms with Crippen LogP contribution < -0.4 is 5.32 Å². The second-order valence-electron chi connectivity index (χ2n) is 4.25. The zero-order chi connectivity index (χ0) is 11.4. The molecule has 1 aromatic rings. The summed E-state index contributed by atoms with van der Waals surface area (Å²) in [6, 6.07) is 10.5. The average molecular weight is 215 g/mol. The monoisotopic (exact) mass is 215 g/mol. The van der Waals surface area contributed by atoms with Crippen LogP contribution in [0.15, 0.2) is 42.1 Å². The van der Waals surface area contributed by atoms with Crippen molar-refractivity contribution in [3.8, 4) is 0 Å². The molecule has 2 rings (SSSR count). The maximum atomic E-state index is 11.4. The summed E-state index contributed by atoms with van der Waals surface area (Å²) >= 11 is 0. The lowest BCUT2D eigenvalue weighted by molar-refractivity contribution is -0.114. The molecule has 0 radical (unpaired) electrons. The standard InChI is InChI=1S/C14H17NO/c1-11(12-6-3-2-4-7-12)15-10-13-8-5-9-14(13)16/h2-4,6-7,10-11,15H,5,8-9H2,1H3. The summed E-state index contributed by atoms with van der Waals surface area (Å²) in [6.45, 7) is 2.10. The highest BCUT2D eigenvalue weighted by atomic mass is 16.1. The smallest absolute Gasteiger partial charge is 0.160 e. The second kappa shape index (κ2) is 4.97. The van der Waals surface area contributed by atoms with Crippen LogP contribution in [-0.4, -0.2) is 5.78 Å². The van der Waals surface area contributed by atoms with Crippen LogP contribution in [0.5, 0.6) is 0 Å². The molecule has 0 aromatic heterocycles. The third-order valence-electron chi connectivity index (χ3n) is 3.02. The zero-order valence-electron chi connectivity index (χ0n) is 9.57. The van der Waals surface area contributed by atoms with E-state index in [0.29, 0.717) is 12.2 Å². The number of carbonyl (C=O) groups is 1. The van der Waals surface area contributed by atoms with Crippen molar-refractivity contribution in [3.05, 3.63) is 47.7 Å². The Bertz CT molecular complexity index is 394. The van der Waals surface area contributed by atoms with Gasteiger partial charge >= 0.3 is 0 Å². The van der Waals surface area contributed by atoms with Gasteiger partial charge in [-0.15, -0.1) is 0 Å². The molecule has 1 saturated carbocycles. The van der Waals surface area contributed by atoms with E-state index in [4.69, 9.17) is 0 Å². The molecule has 0 bridgehead atoms. The van der Waals surface area contributed by atoms with Gasteiger partial charge in [-0.3, -0.25) is 4.79 Å². The number of hydrogen-bond acceptors (Lipinski definition) is 2. The van der Waals surface area contributed by atoms with Crippen molar-refractivity contribution in [3.63, 3.8) is 0 Å². The van der Waals surface area contributed by atoms with Gasteiger partial charge in [0.25, 0.3) is 0 Å². The van der Waals surface area contributed by atoms with Crippen LogP contribution in [0.25, 0.3) is 0 Å². The number of nitrogens with one attached hydrogen (secondary N) is 1. The topological polar surface area (TPSA) is 29.1 Å². The Morgan fingerprint density at radius 3 is 2.62 bits per heavy atom. The van der Waals surface area contributed by atoms with Gasteiger partial charge < -0.3 is 5.32 Å². The summed E-state index contributed by atoms with van der Waals surface area (Å²) in [6.07, 6.45) is 4.54. The molecule has 16 heavy (non-hydrogen) atoms. The Labute approximate surface area is 96.4 Å². The molecule has 1 unspecified atom stereocenters. The van der Waals surface area contributed by atoms with Gasteiger partial charge in [-0.1, -0.05) is 30.3 Å². The van der Waals surface area contributed by atoms with E-state index in [1.54, 1.807) is 0 Å². The minimum absolute atomic E-state index is 0.252. The average Bonchev–Trinajstić information content (AvgIpc) is 2.73. The van der Waals surface area contributed by atoms with Crippen molar-refractivity contribution in [1.82, 2.24) is 5.32 Å². The fraction of sp³-hybridized carbons (Fsp3) is 0.357. The number of hydrogen-bond donors (Lipinski definition) is 1. The van der Waals surface area contributed by atoms with Crippen molar-refractivity contribution in [2.45, 2.75) is 32.2 Å². The van der Waals surface area contributed by atoms with Crippen LogP contribution in [0, 0.1) is 0 Å². The molecule has 2 nitrogen and oxygen atoms in total. The third kappa shape index (κ3) is 2.51. The number of ketones is 1. The molecule has 0 aliphatic heterocycles. The van der Waals surface area contributed by atoms with E-state index in [1.807, 2.05) is 24.4 Å². The first-order valence-corrected chi connectivity index (χ1v) is 5.80. The molecule has 84 valence electrons. The molecule has 0 saturated heterocycles. The van der Waals surface area contributed by atoms with Crippen LogP contribution in [0.3, 0.4) is 0 Å². The number of Topliss-reactive ketones (excluding diaryl/α,β-unsaturated/α-hetero) is 1. The molecule has 1 atom stereocenters. The van der Waals surface area contributed by atoms with Gasteiger partial charge in [-0.05, 0) is 25.3 Å². The van der Waals surface area contributed by atoms with Crippen LogP contribution in [0.1, 0.15) is 37.8 Å². The second-order valence-corrected chi connectivity index (χ2v) is 4.25. The van der Waals surface area contributed by atoms with E-state index in [2.05, 4.69) is 24.4 Å². The lowest BCUT2D eigenvalue weighted by atomic mass is 10.1. The number of benzene rings is 1. The minimum atomic E-state index is 0.252. The molecular formula is C14H17NO. The van der Waals surface area contributed by atoms with Crippen LogP contribution in [0.4, 0.5) is 0 Å². The molecular weight excluding hydrogens is 198 g/mol. The Balaban J connectivity index is 1.98. The summed E-state index contributed by atoms with van der Waals surface area (Å²) in [7, 11) is 0. The van der Waals surface area contributed by atoms with Gasteiger partial charge in [0.15, 0.2) is 5.78 Å². The molecule has 1 aromatic carbocycles. The summed E-state index contributed by atoms with van der Waals surface area (Å²) in [5.74, 6) is 0.299. The van der Waals surface area contributed by atoms with E-state index in [1.165, 1.54) is 5.56 Å². The van der Waals surface area contributed by atoms with E-state index in [9.17, 15) is 4.79 Å². The van der Waals surface area contributed by atoms with Gasteiger partial charge in [0.1, 0.15) is 0 Å². The summed E-state index contributed by atoms with van der Waals surface area (Å²) in [5.41, 5.74) is 2.19. The fourth-order valence-corrected chi connectivity index (χ4v) is 1.96. The largest absolute Gasteiger partial charge is 0.384 e. The van der Waals surface area contributed by atoms with Gasteiger partial charge in [0.2, 0.25) is 0 Å². The highest BCUT2D eigenvalue weighted by Crippen LogP contribution is 2.20. The van der Waals surface area contributed by atoms with Gasteiger partial charge in [0, 0.05) is 24.2 Å². The van der Waals surface area contributed by atoms with Crippen molar-refractivity contribution in [2.24, 2.45) is 0 Å². The lowest BCUT2D eigenvalue weighted by Crippen LogP contribution is -2.13. The Hall–Kier alpha value is -1.57. The van der Waals surface area contributed by atoms with Crippen molar-refractivity contribution in [1.29, 1.82) is 0 Å². The first-order chi connectivity index (χ1) is 7.77. The number of rotatable bonds is 3. The van der Waals surface area contributed by atoms with Crippen LogP contribution in [0.2, 0.25) is 0 Å². The van der Waals surface area contributed by atoms with Crippen molar-refractivity contribution < 1.29 is 4.79 Å². The Kier molecular flexibility index (Phi) is 3.40. The molecule has 1 N–H and O–H groups in total. The first kappa shape index (κ1) is 10.9. The molecule has 1 fully saturated rings. The number of allylic oxidation sites excluding steroid dienone is 1. The first-order valence-electron chi connectivity index (χ1n) is 5.80. The van der Waals surface area contributed by atoms with E-state index in [0.717, 1.165) is 18.4 Å². The molecule has 0 spiro atoms. The third-order valence-corrected chi connectivity index (χ3v) is 3.02.